The third kappa shape index (κ3) is 1.96. The van der Waals surface area contributed by atoms with E-state index in [-0.39, 0.29) is 0 Å². The highest BCUT2D eigenvalue weighted by Crippen LogP contribution is 2.28. The molecule has 1 aromatic heterocycles. The Labute approximate surface area is 92.8 Å². The molecule has 2 nitrogen and oxygen atoms in total. The van der Waals surface area contributed by atoms with E-state index < -0.39 is 0 Å². The van der Waals surface area contributed by atoms with Gasteiger partial charge < -0.3 is 5.32 Å². The van der Waals surface area contributed by atoms with Gasteiger partial charge in [0.1, 0.15) is 0 Å². The fourth-order valence-electron chi connectivity index (χ4n) is 1.26. The highest BCUT2D eigenvalue weighted by atomic mass is 32.2. The second kappa shape index (κ2) is 3.95. The molecule has 0 aromatic carbocycles. The number of hydrogen-bond donors (Lipinski definition) is 1. The van der Waals surface area contributed by atoms with Crippen LogP contribution < -0.4 is 5.32 Å². The van der Waals surface area contributed by atoms with Gasteiger partial charge in [0.05, 0.1) is 11.7 Å². The van der Waals surface area contributed by atoms with Gasteiger partial charge in [-0.2, -0.15) is 0 Å². The average molecular weight is 226 g/mol. The molecule has 1 aliphatic heterocycles. The number of rotatable bonds is 1. The fourth-order valence-corrected chi connectivity index (χ4v) is 3.05. The maximum absolute atomic E-state index is 4.56. The second-order valence-electron chi connectivity index (χ2n) is 3.59. The van der Waals surface area contributed by atoms with Gasteiger partial charge in [0.25, 0.3) is 0 Å². The minimum atomic E-state index is 0.432. The zero-order valence-electron chi connectivity index (χ0n) is 8.57. The molecular formula is C10H14N2S2. The minimum Gasteiger partial charge on any atom is -0.334 e. The SMILES string of the molecule is Cc1cscc1NC1=NC(C)C(C)S1. The zero-order chi connectivity index (χ0) is 10.1. The van der Waals surface area contributed by atoms with E-state index in [4.69, 9.17) is 0 Å². The molecule has 76 valence electrons. The lowest BCUT2D eigenvalue weighted by atomic mass is 10.3. The van der Waals surface area contributed by atoms with Gasteiger partial charge in [-0.05, 0) is 24.8 Å². The largest absolute Gasteiger partial charge is 0.334 e. The Morgan fingerprint density at radius 2 is 2.14 bits per heavy atom. The molecular weight excluding hydrogens is 212 g/mol. The van der Waals surface area contributed by atoms with Crippen LogP contribution >= 0.6 is 23.1 Å². The van der Waals surface area contributed by atoms with Crippen molar-refractivity contribution in [3.05, 3.63) is 16.3 Å². The lowest BCUT2D eigenvalue weighted by Crippen LogP contribution is -2.07. The number of nitrogens with one attached hydrogen (secondary N) is 1. The van der Waals surface area contributed by atoms with Crippen LogP contribution in [0.2, 0.25) is 0 Å². The first-order chi connectivity index (χ1) is 6.66. The molecule has 1 aliphatic rings. The molecule has 0 saturated carbocycles. The first kappa shape index (κ1) is 10.1. The van der Waals surface area contributed by atoms with Crippen molar-refractivity contribution in [2.75, 3.05) is 5.32 Å². The summed E-state index contributed by atoms with van der Waals surface area (Å²) < 4.78 is 0. The van der Waals surface area contributed by atoms with Crippen LogP contribution in [-0.4, -0.2) is 16.5 Å². The van der Waals surface area contributed by atoms with Crippen LogP contribution in [-0.2, 0) is 0 Å². The van der Waals surface area contributed by atoms with Gasteiger partial charge in [0.2, 0.25) is 0 Å². The van der Waals surface area contributed by atoms with Crippen molar-refractivity contribution >= 4 is 34.0 Å². The number of thioether (sulfide) groups is 1. The predicted molar refractivity (Wildman–Crippen MR) is 66.6 cm³/mol. The molecule has 2 atom stereocenters. The fraction of sp³-hybridized carbons (Fsp3) is 0.500. The third-order valence-corrected chi connectivity index (χ3v) is 4.45. The number of nitrogens with zero attached hydrogens (tertiary/aromatic N) is 1. The molecule has 0 radical (unpaired) electrons. The Morgan fingerprint density at radius 1 is 1.36 bits per heavy atom. The Kier molecular flexibility index (Phi) is 2.83. The molecule has 2 rings (SSSR count). The molecule has 0 amide bonds. The van der Waals surface area contributed by atoms with Gasteiger partial charge in [-0.15, -0.1) is 11.3 Å². The van der Waals surface area contributed by atoms with E-state index in [1.54, 1.807) is 11.3 Å². The number of anilines is 1. The van der Waals surface area contributed by atoms with Gasteiger partial charge in [-0.1, -0.05) is 18.7 Å². The van der Waals surface area contributed by atoms with E-state index >= 15 is 0 Å². The Bertz CT molecular complexity index is 357. The van der Waals surface area contributed by atoms with Crippen LogP contribution in [0.4, 0.5) is 5.69 Å². The van der Waals surface area contributed by atoms with Gasteiger partial charge in [-0.3, -0.25) is 4.99 Å². The molecule has 2 unspecified atom stereocenters. The zero-order valence-corrected chi connectivity index (χ0v) is 10.2. The van der Waals surface area contributed by atoms with Gasteiger partial charge >= 0.3 is 0 Å². The monoisotopic (exact) mass is 226 g/mol. The van der Waals surface area contributed by atoms with E-state index in [1.165, 1.54) is 11.3 Å². The number of aliphatic imine (C=N–C) groups is 1. The molecule has 4 heteroatoms. The molecule has 14 heavy (non-hydrogen) atoms. The molecule has 0 spiro atoms. The Balaban J connectivity index is 2.07. The van der Waals surface area contributed by atoms with Crippen molar-refractivity contribution in [2.24, 2.45) is 4.99 Å². The first-order valence-electron chi connectivity index (χ1n) is 4.71. The quantitative estimate of drug-likeness (QED) is 0.794. The lowest BCUT2D eigenvalue weighted by Gasteiger charge is -2.05. The molecule has 0 aliphatic carbocycles. The normalized spacial score (nSPS) is 26.4. The van der Waals surface area contributed by atoms with Gasteiger partial charge in [0.15, 0.2) is 5.17 Å². The molecule has 0 bridgehead atoms. The van der Waals surface area contributed by atoms with Crippen LogP contribution in [0.15, 0.2) is 15.8 Å². The van der Waals surface area contributed by atoms with Crippen molar-refractivity contribution < 1.29 is 0 Å². The first-order valence-corrected chi connectivity index (χ1v) is 6.53. The average Bonchev–Trinajstić information content (AvgIpc) is 2.63. The van der Waals surface area contributed by atoms with Crippen molar-refractivity contribution in [1.82, 2.24) is 0 Å². The summed E-state index contributed by atoms with van der Waals surface area (Å²) in [7, 11) is 0. The number of amidine groups is 1. The Hall–Kier alpha value is -0.480. The highest BCUT2D eigenvalue weighted by Gasteiger charge is 2.22. The third-order valence-electron chi connectivity index (χ3n) is 2.39. The molecule has 1 N–H and O–H groups in total. The van der Waals surface area contributed by atoms with Crippen molar-refractivity contribution in [3.8, 4) is 0 Å². The van der Waals surface area contributed by atoms with Gasteiger partial charge in [-0.25, -0.2) is 0 Å². The summed E-state index contributed by atoms with van der Waals surface area (Å²) in [6.07, 6.45) is 0. The van der Waals surface area contributed by atoms with Gasteiger partial charge in [0, 0.05) is 10.6 Å². The predicted octanol–water partition coefficient (Wildman–Crippen LogP) is 3.35. The number of hydrogen-bond acceptors (Lipinski definition) is 4. The van der Waals surface area contributed by atoms with E-state index in [1.807, 2.05) is 11.8 Å². The highest BCUT2D eigenvalue weighted by molar-refractivity contribution is 8.15. The number of thiophene rings is 1. The summed E-state index contributed by atoms with van der Waals surface area (Å²) in [5.41, 5.74) is 2.49. The topological polar surface area (TPSA) is 24.4 Å². The molecule has 2 heterocycles. The van der Waals surface area contributed by atoms with E-state index in [9.17, 15) is 0 Å². The van der Waals surface area contributed by atoms with Crippen molar-refractivity contribution in [2.45, 2.75) is 32.1 Å². The van der Waals surface area contributed by atoms with Crippen LogP contribution in [0.25, 0.3) is 0 Å². The maximum Gasteiger partial charge on any atom is 0.161 e. The van der Waals surface area contributed by atoms with Crippen LogP contribution in [0, 0.1) is 6.92 Å². The van der Waals surface area contributed by atoms with E-state index in [0.717, 1.165) is 5.17 Å². The standard InChI is InChI=1S/C10H14N2S2/c1-6-4-13-5-9(6)12-10-11-7(2)8(3)14-10/h4-5,7-8H,1-3H3,(H,11,12). The summed E-state index contributed by atoms with van der Waals surface area (Å²) >= 11 is 3.55. The molecule has 0 saturated heterocycles. The summed E-state index contributed by atoms with van der Waals surface area (Å²) in [6.45, 7) is 6.49. The van der Waals surface area contributed by atoms with Crippen LogP contribution in [0.1, 0.15) is 19.4 Å². The summed E-state index contributed by atoms with van der Waals surface area (Å²) in [4.78, 5) is 4.56. The maximum atomic E-state index is 4.56. The summed E-state index contributed by atoms with van der Waals surface area (Å²) in [5, 5.41) is 9.31. The van der Waals surface area contributed by atoms with Crippen molar-refractivity contribution in [1.29, 1.82) is 0 Å². The summed E-state index contributed by atoms with van der Waals surface area (Å²) in [6, 6.07) is 0.432. The second-order valence-corrected chi connectivity index (χ2v) is 5.70. The van der Waals surface area contributed by atoms with Crippen LogP contribution in [0.5, 0.6) is 0 Å². The van der Waals surface area contributed by atoms with Crippen LogP contribution in [0.3, 0.4) is 0 Å². The molecule has 1 aromatic rings. The Morgan fingerprint density at radius 3 is 2.64 bits per heavy atom. The van der Waals surface area contributed by atoms with Crippen molar-refractivity contribution in [3.63, 3.8) is 0 Å². The smallest absolute Gasteiger partial charge is 0.161 e. The van der Waals surface area contributed by atoms with E-state index in [2.05, 4.69) is 41.8 Å². The number of aryl methyl sites for hydroxylation is 1. The molecule has 0 fully saturated rings. The van der Waals surface area contributed by atoms with E-state index in [0.29, 0.717) is 11.3 Å². The summed E-state index contributed by atoms with van der Waals surface area (Å²) in [5.74, 6) is 0. The lowest BCUT2D eigenvalue weighted by molar-refractivity contribution is 0.749. The minimum absolute atomic E-state index is 0.432.